The molecule has 0 spiro atoms. The van der Waals surface area contributed by atoms with E-state index in [4.69, 9.17) is 10.1 Å². The topological polar surface area (TPSA) is 50.2 Å². The van der Waals surface area contributed by atoms with Gasteiger partial charge in [0.2, 0.25) is 0 Å². The summed E-state index contributed by atoms with van der Waals surface area (Å²) in [4.78, 5) is 15.0. The third-order valence-corrected chi connectivity index (χ3v) is 13.9. The molecule has 6 rings (SSSR count). The molecule has 5 aromatic rings. The molecule has 0 aliphatic carbocycles. The van der Waals surface area contributed by atoms with Crippen LogP contribution in [0.4, 0.5) is 0 Å². The number of hydrogen-bond donors (Lipinski definition) is 1. The van der Waals surface area contributed by atoms with Crippen LogP contribution in [0.1, 0.15) is 19.4 Å². The fourth-order valence-corrected chi connectivity index (χ4v) is 10.7. The second-order valence-electron chi connectivity index (χ2n) is 13.1. The van der Waals surface area contributed by atoms with E-state index in [0.717, 1.165) is 16.6 Å². The maximum absolute atomic E-state index is 10.0. The first kappa shape index (κ1) is 33.5. The minimum atomic E-state index is -1.97. The van der Waals surface area contributed by atoms with Crippen LogP contribution in [0.3, 0.4) is 0 Å². The summed E-state index contributed by atoms with van der Waals surface area (Å²) < 4.78 is 0. The quantitative estimate of drug-likeness (QED) is 0.0868. The van der Waals surface area contributed by atoms with Crippen molar-refractivity contribution in [1.29, 1.82) is 0 Å². The first-order chi connectivity index (χ1) is 20.3. The Balaban J connectivity index is 0.000000497. The second-order valence-corrected chi connectivity index (χ2v) is 22.5. The van der Waals surface area contributed by atoms with Gasteiger partial charge in [-0.25, -0.2) is 0 Å². The van der Waals surface area contributed by atoms with E-state index in [-0.39, 0.29) is 31.6 Å². The minimum Gasteiger partial charge on any atom is -0.512 e. The van der Waals surface area contributed by atoms with Gasteiger partial charge in [0.1, 0.15) is 8.07 Å². The molecule has 1 radical (unpaired) electrons. The van der Waals surface area contributed by atoms with E-state index in [0.29, 0.717) is 0 Å². The Bertz CT molecular complexity index is 1880. The van der Waals surface area contributed by atoms with Crippen molar-refractivity contribution >= 4 is 48.3 Å². The van der Waals surface area contributed by atoms with Gasteiger partial charge in [0, 0.05) is 38.1 Å². The number of hydrogen-bond acceptors (Lipinski definition) is 3. The first-order valence-corrected chi connectivity index (χ1v) is 21.3. The number of aromatic nitrogens is 1. The monoisotopic (exact) mass is 791 g/mol. The summed E-state index contributed by atoms with van der Waals surface area (Å²) in [6.45, 7) is 17.2. The minimum absolute atomic E-state index is 0. The van der Waals surface area contributed by atoms with Crippen molar-refractivity contribution in [1.82, 2.24) is 4.98 Å². The fraction of sp³-hybridized carbons (Fsp3) is 0.211. The molecule has 4 aromatic carbocycles. The number of nitrogens with zero attached hydrogens (tertiary/aromatic N) is 1. The molecule has 0 unspecified atom stereocenters. The van der Waals surface area contributed by atoms with E-state index in [1.807, 2.05) is 6.20 Å². The molecule has 0 fully saturated rings. The number of carbonyl (C=O) groups is 1. The fourth-order valence-electron chi connectivity index (χ4n) is 6.13. The summed E-state index contributed by atoms with van der Waals surface area (Å²) >= 11 is 0. The van der Waals surface area contributed by atoms with Crippen molar-refractivity contribution in [2.75, 3.05) is 0 Å². The number of aliphatic hydroxyl groups is 1. The molecule has 6 heteroatoms. The van der Waals surface area contributed by atoms with Crippen molar-refractivity contribution in [3.05, 3.63) is 109 Å². The van der Waals surface area contributed by atoms with E-state index < -0.39 is 16.1 Å². The molecule has 3 nitrogen and oxygen atoms in total. The molecule has 1 N–H and O–H groups in total. The standard InChI is InChI=1S/C33H32NSi2.C5H8O2.Ir/c1-22-19-26(20-25-9-7-8-10-28(22)25)32-33-30(17-18-34-32)29-16-13-24(21-31(29)36(33,5)6)23-11-14-27(15-12-23)35(2,3)4;1-4(6)3-5(2)7;/h7-19,21H,1-6H3;3,6H,1-2H3;/q-1;;/b;4-3-;. The summed E-state index contributed by atoms with van der Waals surface area (Å²) in [6, 6.07) is 33.1. The van der Waals surface area contributed by atoms with Gasteiger partial charge in [0.25, 0.3) is 0 Å². The van der Waals surface area contributed by atoms with Gasteiger partial charge in [0.05, 0.1) is 13.8 Å². The third-order valence-electron chi connectivity index (χ3n) is 8.29. The molecule has 0 atom stereocenters. The van der Waals surface area contributed by atoms with Crippen LogP contribution in [0, 0.1) is 13.0 Å². The van der Waals surface area contributed by atoms with Gasteiger partial charge in [-0.1, -0.05) is 122 Å². The normalized spacial score (nSPS) is 13.3. The number of aliphatic hydroxyl groups excluding tert-OH is 1. The van der Waals surface area contributed by atoms with Crippen LogP contribution in [0.2, 0.25) is 32.7 Å². The molecular formula is C38H40IrNO2Si2-. The van der Waals surface area contributed by atoms with Crippen LogP contribution in [0.25, 0.3) is 44.3 Å². The van der Waals surface area contributed by atoms with Crippen molar-refractivity contribution in [3.63, 3.8) is 0 Å². The Morgan fingerprint density at radius 2 is 1.55 bits per heavy atom. The van der Waals surface area contributed by atoms with Crippen LogP contribution in [-0.4, -0.2) is 32.0 Å². The van der Waals surface area contributed by atoms with Crippen LogP contribution in [0.15, 0.2) is 96.9 Å². The van der Waals surface area contributed by atoms with Crippen LogP contribution in [0.5, 0.6) is 0 Å². The summed E-state index contributed by atoms with van der Waals surface area (Å²) in [6.07, 6.45) is 3.15. The van der Waals surface area contributed by atoms with Crippen molar-refractivity contribution in [3.8, 4) is 33.5 Å². The predicted octanol–water partition coefficient (Wildman–Crippen LogP) is 8.06. The summed E-state index contributed by atoms with van der Waals surface area (Å²) in [5.74, 6) is -0.0625. The number of fused-ring (bicyclic) bond motifs is 4. The second kappa shape index (κ2) is 12.9. The summed E-state index contributed by atoms with van der Waals surface area (Å²) in [5.41, 5.74) is 8.84. The first-order valence-electron chi connectivity index (χ1n) is 14.8. The van der Waals surface area contributed by atoms with Crippen molar-refractivity contribution in [2.24, 2.45) is 0 Å². The van der Waals surface area contributed by atoms with Crippen molar-refractivity contribution < 1.29 is 30.0 Å². The smallest absolute Gasteiger partial charge is 0.155 e. The Kier molecular flexibility index (Phi) is 9.82. The van der Waals surface area contributed by atoms with E-state index in [9.17, 15) is 4.79 Å². The Labute approximate surface area is 277 Å². The average molecular weight is 791 g/mol. The van der Waals surface area contributed by atoms with Crippen LogP contribution < -0.4 is 15.6 Å². The summed E-state index contributed by atoms with van der Waals surface area (Å²) in [7, 11) is -3.28. The number of ketones is 1. The molecule has 2 heterocycles. The predicted molar refractivity (Wildman–Crippen MR) is 188 cm³/mol. The Morgan fingerprint density at radius 3 is 2.16 bits per heavy atom. The molecule has 1 aliphatic heterocycles. The molecule has 0 amide bonds. The number of allylic oxidation sites excluding steroid dienone is 2. The van der Waals surface area contributed by atoms with E-state index >= 15 is 0 Å². The largest absolute Gasteiger partial charge is 0.512 e. The summed E-state index contributed by atoms with van der Waals surface area (Å²) in [5, 5.41) is 15.2. The van der Waals surface area contributed by atoms with E-state index in [1.54, 1.807) is 0 Å². The van der Waals surface area contributed by atoms with Crippen molar-refractivity contribution in [2.45, 2.75) is 53.5 Å². The number of pyridine rings is 1. The third kappa shape index (κ3) is 6.64. The van der Waals surface area contributed by atoms with Gasteiger partial charge < -0.3 is 5.11 Å². The molecule has 1 aliphatic rings. The van der Waals surface area contributed by atoms with Gasteiger partial charge >= 0.3 is 0 Å². The molecule has 0 saturated carbocycles. The van der Waals surface area contributed by atoms with E-state index in [1.165, 1.54) is 68.7 Å². The maximum Gasteiger partial charge on any atom is 0.155 e. The Morgan fingerprint density at radius 1 is 0.886 bits per heavy atom. The van der Waals surface area contributed by atoms with Gasteiger partial charge in [-0.05, 0) is 47.4 Å². The van der Waals surface area contributed by atoms with Gasteiger partial charge in [-0.3, -0.25) is 9.78 Å². The molecule has 1 aromatic heterocycles. The van der Waals surface area contributed by atoms with Gasteiger partial charge in [-0.15, -0.1) is 29.1 Å². The molecule has 0 bridgehead atoms. The van der Waals surface area contributed by atoms with Crippen LogP contribution >= 0.6 is 0 Å². The SMILES string of the molecule is CC(=O)/C=C(/C)O.Cc1cc(-c2nccc3c2[Si](C)(C)c2cc(-c4ccc([Si](C)(C)C)cc4)ccc2-3)[c-]c2ccccc12.[Ir]. The zero-order valence-corrected chi connectivity index (χ0v) is 31.2. The number of carbonyl (C=O) groups excluding carboxylic acids is 1. The average Bonchev–Trinajstić information content (AvgIpc) is 3.18. The van der Waals surface area contributed by atoms with E-state index in [2.05, 4.69) is 125 Å². The number of benzene rings is 4. The Hall–Kier alpha value is -3.42. The molecule has 44 heavy (non-hydrogen) atoms. The molecular weight excluding hydrogens is 751 g/mol. The molecule has 0 saturated heterocycles. The zero-order chi connectivity index (χ0) is 31.1. The van der Waals surface area contributed by atoms with Crippen LogP contribution in [-0.2, 0) is 24.9 Å². The van der Waals surface area contributed by atoms with Gasteiger partial charge in [-0.2, -0.15) is 0 Å². The zero-order valence-electron chi connectivity index (χ0n) is 26.8. The molecule has 227 valence electrons. The maximum atomic E-state index is 10.0. The number of rotatable bonds is 4. The number of aryl methyl sites for hydroxylation is 1. The van der Waals surface area contributed by atoms with Gasteiger partial charge in [0.15, 0.2) is 5.78 Å².